The zero-order valence-electron chi connectivity index (χ0n) is 19.4. The number of ether oxygens (including phenoxy) is 1. The summed E-state index contributed by atoms with van der Waals surface area (Å²) in [4.78, 5) is 45.1. The first kappa shape index (κ1) is 22.2. The largest absolute Gasteiger partial charge is 0.450 e. The molecule has 1 spiro atoms. The molecule has 2 aliphatic heterocycles. The molecule has 2 aliphatic rings. The van der Waals surface area contributed by atoms with Crippen molar-refractivity contribution in [3.8, 4) is 0 Å². The van der Waals surface area contributed by atoms with Gasteiger partial charge in [-0.1, -0.05) is 42.5 Å². The lowest BCUT2D eigenvalue weighted by molar-refractivity contribution is -0.126. The lowest BCUT2D eigenvalue weighted by Crippen LogP contribution is -2.54. The van der Waals surface area contributed by atoms with Crippen molar-refractivity contribution in [3.05, 3.63) is 111 Å². The molecule has 36 heavy (non-hydrogen) atoms. The van der Waals surface area contributed by atoms with Crippen LogP contribution in [-0.4, -0.2) is 37.0 Å². The number of halogens is 1. The molecule has 0 saturated carbocycles. The van der Waals surface area contributed by atoms with Crippen molar-refractivity contribution in [1.82, 2.24) is 4.90 Å². The summed E-state index contributed by atoms with van der Waals surface area (Å²) in [7, 11) is 1.50. The van der Waals surface area contributed by atoms with Crippen molar-refractivity contribution in [2.75, 3.05) is 25.2 Å². The van der Waals surface area contributed by atoms with Crippen LogP contribution in [0, 0.1) is 5.82 Å². The fourth-order valence-corrected chi connectivity index (χ4v) is 5.35. The molecule has 0 aliphatic carbocycles. The van der Waals surface area contributed by atoms with Gasteiger partial charge in [-0.15, -0.1) is 0 Å². The normalized spacial score (nSPS) is 18.4. The molecule has 0 bridgehead atoms. The Hall–Kier alpha value is -4.30. The minimum absolute atomic E-state index is 0.0151. The highest BCUT2D eigenvalue weighted by atomic mass is 19.1. The molecule has 0 fully saturated rings. The minimum Gasteiger partial charge on any atom is -0.450 e. The first-order valence-corrected chi connectivity index (χ1v) is 11.5. The molecule has 6 rings (SSSR count). The molecule has 4 aromatic rings. The lowest BCUT2D eigenvalue weighted by atomic mass is 9.84. The second kappa shape index (κ2) is 8.13. The summed E-state index contributed by atoms with van der Waals surface area (Å²) in [5.41, 5.74) is -0.0411. The van der Waals surface area contributed by atoms with Gasteiger partial charge in [-0.05, 0) is 35.9 Å². The van der Waals surface area contributed by atoms with Crippen molar-refractivity contribution in [1.29, 1.82) is 0 Å². The van der Waals surface area contributed by atoms with Gasteiger partial charge in [-0.3, -0.25) is 14.4 Å². The number of para-hydroxylation sites is 2. The number of anilines is 1. The summed E-state index contributed by atoms with van der Waals surface area (Å²) in [6.45, 7) is 0.362. The van der Waals surface area contributed by atoms with Crippen molar-refractivity contribution in [2.45, 2.75) is 12.1 Å². The molecule has 1 aromatic heterocycles. The van der Waals surface area contributed by atoms with E-state index in [2.05, 4.69) is 0 Å². The Morgan fingerprint density at radius 2 is 1.67 bits per heavy atom. The van der Waals surface area contributed by atoms with Gasteiger partial charge in [0, 0.05) is 19.2 Å². The van der Waals surface area contributed by atoms with Crippen molar-refractivity contribution < 1.29 is 23.1 Å². The number of amides is 2. The van der Waals surface area contributed by atoms with Gasteiger partial charge in [0.2, 0.25) is 5.76 Å². The second-order valence-electron chi connectivity index (χ2n) is 8.83. The minimum atomic E-state index is -1.70. The van der Waals surface area contributed by atoms with Crippen LogP contribution in [0.4, 0.5) is 10.1 Å². The molecule has 3 heterocycles. The van der Waals surface area contributed by atoms with Crippen LogP contribution in [0.5, 0.6) is 0 Å². The van der Waals surface area contributed by atoms with Crippen LogP contribution >= 0.6 is 0 Å². The zero-order valence-corrected chi connectivity index (χ0v) is 19.4. The molecular weight excluding hydrogens is 463 g/mol. The second-order valence-corrected chi connectivity index (χ2v) is 8.83. The maximum atomic E-state index is 14.5. The highest BCUT2D eigenvalue weighted by Crippen LogP contribution is 2.52. The summed E-state index contributed by atoms with van der Waals surface area (Å²) in [6, 6.07) is 19.7. The molecule has 2 amide bonds. The summed E-state index contributed by atoms with van der Waals surface area (Å²) in [5, 5.41) is 0.291. The van der Waals surface area contributed by atoms with E-state index in [0.29, 0.717) is 22.2 Å². The lowest BCUT2D eigenvalue weighted by Gasteiger charge is -2.34. The summed E-state index contributed by atoms with van der Waals surface area (Å²) >= 11 is 0. The Labute approximate surface area is 205 Å². The van der Waals surface area contributed by atoms with E-state index in [4.69, 9.17) is 9.15 Å². The number of fused-ring (bicyclic) bond motifs is 5. The fraction of sp³-hybridized carbons (Fsp3) is 0.179. The van der Waals surface area contributed by atoms with E-state index in [1.165, 1.54) is 24.1 Å². The number of rotatable bonds is 5. The van der Waals surface area contributed by atoms with Crippen molar-refractivity contribution >= 4 is 28.5 Å². The number of carbonyl (C=O) groups excluding carboxylic acids is 2. The molecular formula is C28H21FN2O5. The molecule has 0 saturated heterocycles. The number of methoxy groups -OCH3 is 1. The van der Waals surface area contributed by atoms with Crippen LogP contribution in [0.2, 0.25) is 0 Å². The molecule has 0 radical (unpaired) electrons. The third-order valence-corrected chi connectivity index (χ3v) is 6.92. The first-order valence-electron chi connectivity index (χ1n) is 11.5. The Bertz CT molecular complexity index is 1600. The Morgan fingerprint density at radius 1 is 0.944 bits per heavy atom. The van der Waals surface area contributed by atoms with E-state index in [0.717, 1.165) is 0 Å². The monoisotopic (exact) mass is 484 g/mol. The third-order valence-electron chi connectivity index (χ3n) is 6.92. The number of benzene rings is 3. The van der Waals surface area contributed by atoms with Gasteiger partial charge >= 0.3 is 0 Å². The predicted molar refractivity (Wildman–Crippen MR) is 130 cm³/mol. The van der Waals surface area contributed by atoms with E-state index in [9.17, 15) is 18.8 Å². The standard InChI is InChI=1S/C28H21FN2O5/c1-35-15-14-31-26(33)25-23(24(32)19-6-2-5-9-22(19)36-25)28(31)20-7-3-4-8-21(20)30(27(28)34)16-17-10-12-18(29)13-11-17/h2-13H,14-16H2,1H3. The van der Waals surface area contributed by atoms with Crippen molar-refractivity contribution in [2.24, 2.45) is 0 Å². The summed E-state index contributed by atoms with van der Waals surface area (Å²) in [6.07, 6.45) is 0. The predicted octanol–water partition coefficient (Wildman–Crippen LogP) is 3.82. The van der Waals surface area contributed by atoms with E-state index >= 15 is 0 Å². The van der Waals surface area contributed by atoms with Crippen LogP contribution in [0.1, 0.15) is 27.2 Å². The van der Waals surface area contributed by atoms with Gasteiger partial charge in [0.05, 0.1) is 29.8 Å². The average molecular weight is 484 g/mol. The van der Waals surface area contributed by atoms with Crippen LogP contribution in [0.25, 0.3) is 11.0 Å². The van der Waals surface area contributed by atoms with Crippen molar-refractivity contribution in [3.63, 3.8) is 0 Å². The van der Waals surface area contributed by atoms with Crippen LogP contribution in [0.15, 0.2) is 82.0 Å². The summed E-state index contributed by atoms with van der Waals surface area (Å²) < 4.78 is 24.8. The maximum Gasteiger partial charge on any atom is 0.291 e. The highest BCUT2D eigenvalue weighted by molar-refractivity contribution is 6.17. The van der Waals surface area contributed by atoms with E-state index < -0.39 is 22.8 Å². The molecule has 7 nitrogen and oxygen atoms in total. The van der Waals surface area contributed by atoms with Crippen LogP contribution < -0.4 is 10.3 Å². The topological polar surface area (TPSA) is 80.1 Å². The number of hydrogen-bond donors (Lipinski definition) is 0. The van der Waals surface area contributed by atoms with E-state index in [1.807, 2.05) is 0 Å². The van der Waals surface area contributed by atoms with Gasteiger partial charge in [0.25, 0.3) is 11.8 Å². The summed E-state index contributed by atoms with van der Waals surface area (Å²) in [5.74, 6) is -1.51. The Kier molecular flexibility index (Phi) is 5.01. The molecule has 8 heteroatoms. The molecule has 1 unspecified atom stereocenters. The smallest absolute Gasteiger partial charge is 0.291 e. The molecule has 1 atom stereocenters. The van der Waals surface area contributed by atoms with Gasteiger partial charge in [0.1, 0.15) is 11.4 Å². The van der Waals surface area contributed by atoms with E-state index in [1.54, 1.807) is 65.6 Å². The zero-order chi connectivity index (χ0) is 25.0. The maximum absolute atomic E-state index is 14.5. The van der Waals surface area contributed by atoms with Gasteiger partial charge in [-0.25, -0.2) is 4.39 Å². The van der Waals surface area contributed by atoms with Crippen LogP contribution in [-0.2, 0) is 21.6 Å². The Balaban J connectivity index is 1.63. The SMILES string of the molecule is COCCN1C(=O)c2oc3ccccc3c(=O)c2C12C(=O)N(Cc1ccc(F)cc1)c1ccccc12. The van der Waals surface area contributed by atoms with Gasteiger partial charge in [0.15, 0.2) is 11.0 Å². The van der Waals surface area contributed by atoms with Gasteiger partial charge < -0.3 is 19.0 Å². The van der Waals surface area contributed by atoms with Gasteiger partial charge in [-0.2, -0.15) is 0 Å². The molecule has 3 aromatic carbocycles. The first-order chi connectivity index (χ1) is 17.5. The fourth-order valence-electron chi connectivity index (χ4n) is 5.35. The molecule has 180 valence electrons. The quantitative estimate of drug-likeness (QED) is 0.430. The number of hydrogen-bond acceptors (Lipinski definition) is 5. The highest BCUT2D eigenvalue weighted by Gasteiger charge is 2.64. The number of carbonyl (C=O) groups is 2. The Morgan fingerprint density at radius 3 is 2.44 bits per heavy atom. The molecule has 0 N–H and O–H groups in total. The van der Waals surface area contributed by atoms with Crippen LogP contribution in [0.3, 0.4) is 0 Å². The third kappa shape index (κ3) is 2.91. The van der Waals surface area contributed by atoms with E-state index in [-0.39, 0.29) is 42.4 Å². The average Bonchev–Trinajstić information content (AvgIpc) is 3.29. The number of nitrogens with zero attached hydrogens (tertiary/aromatic N) is 2.